The molecule has 1 aliphatic carbocycles. The highest BCUT2D eigenvalue weighted by molar-refractivity contribution is 8.18. The Morgan fingerprint density at radius 3 is 2.79 bits per heavy atom. The summed E-state index contributed by atoms with van der Waals surface area (Å²) in [6.45, 7) is -0.364. The topological polar surface area (TPSA) is 108 Å². The number of hydrogen-bond donors (Lipinski definition) is 2. The average molecular weight is 440 g/mol. The third-order valence-electron chi connectivity index (χ3n) is 4.61. The second-order valence-corrected chi connectivity index (χ2v) is 9.20. The van der Waals surface area contributed by atoms with Gasteiger partial charge in [-0.15, -0.1) is 23.2 Å². The highest BCUT2D eigenvalue weighted by Crippen LogP contribution is 2.44. The number of alkyl halides is 2. The minimum Gasteiger partial charge on any atom is -0.343 e. The fourth-order valence-electron chi connectivity index (χ4n) is 3.14. The number of fused-ring (bicyclic) bond motifs is 1. The molecule has 0 spiro atoms. The van der Waals surface area contributed by atoms with Crippen LogP contribution in [-0.4, -0.2) is 47.8 Å². The number of aromatic amines is 1. The molecule has 2 aromatic heterocycles. The number of allylic oxidation sites excluding steroid dienone is 1. The fourth-order valence-corrected chi connectivity index (χ4v) is 4.49. The van der Waals surface area contributed by atoms with Crippen molar-refractivity contribution < 1.29 is 14.4 Å². The maximum atomic E-state index is 12.7. The number of carbonyl (C=O) groups excluding carboxylic acids is 3. The molecule has 146 valence electrons. The Hall–Kier alpha value is -2.10. The molecule has 4 rings (SSSR count). The highest BCUT2D eigenvalue weighted by Gasteiger charge is 2.40. The van der Waals surface area contributed by atoms with Crippen LogP contribution in [0.4, 0.5) is 10.5 Å². The quantitative estimate of drug-likeness (QED) is 0.558. The number of imidazole rings is 1. The summed E-state index contributed by atoms with van der Waals surface area (Å²) in [5.41, 5.74) is 2.51. The number of anilines is 1. The number of pyridine rings is 1. The van der Waals surface area contributed by atoms with E-state index in [0.717, 1.165) is 22.2 Å². The summed E-state index contributed by atoms with van der Waals surface area (Å²) in [6.07, 6.45) is 5.14. The number of halogens is 2. The van der Waals surface area contributed by atoms with E-state index in [1.165, 1.54) is 12.5 Å². The Morgan fingerprint density at radius 2 is 2.04 bits per heavy atom. The van der Waals surface area contributed by atoms with Gasteiger partial charge in [0.2, 0.25) is 5.91 Å². The van der Waals surface area contributed by atoms with Gasteiger partial charge in [-0.1, -0.05) is 5.57 Å². The van der Waals surface area contributed by atoms with Crippen molar-refractivity contribution in [2.75, 3.05) is 11.9 Å². The van der Waals surface area contributed by atoms with Crippen LogP contribution in [-0.2, 0) is 9.59 Å². The molecule has 0 radical (unpaired) electrons. The summed E-state index contributed by atoms with van der Waals surface area (Å²) in [5.74, 6) is -0.933. The Labute approximate surface area is 174 Å². The van der Waals surface area contributed by atoms with Crippen LogP contribution in [0.1, 0.15) is 25.7 Å². The van der Waals surface area contributed by atoms with E-state index in [0.29, 0.717) is 47.4 Å². The maximum Gasteiger partial charge on any atom is 0.294 e. The summed E-state index contributed by atoms with van der Waals surface area (Å²) in [4.78, 5) is 49.6. The Bertz CT molecular complexity index is 1010. The molecule has 3 amide bonds. The van der Waals surface area contributed by atoms with Crippen molar-refractivity contribution in [1.29, 1.82) is 0 Å². The molecule has 2 aromatic rings. The van der Waals surface area contributed by atoms with Crippen LogP contribution in [0.15, 0.2) is 29.1 Å². The maximum absolute atomic E-state index is 12.7. The van der Waals surface area contributed by atoms with Gasteiger partial charge in [0.05, 0.1) is 28.6 Å². The van der Waals surface area contributed by atoms with E-state index in [2.05, 4.69) is 20.3 Å². The number of amides is 3. The molecular formula is C17H15Cl2N5O3S. The van der Waals surface area contributed by atoms with Gasteiger partial charge in [0.1, 0.15) is 10.9 Å². The summed E-state index contributed by atoms with van der Waals surface area (Å²) in [6, 6.07) is 1.68. The number of hydrogen-bond acceptors (Lipinski definition) is 6. The lowest BCUT2D eigenvalue weighted by Crippen LogP contribution is -2.36. The lowest BCUT2D eigenvalue weighted by molar-refractivity contribution is -0.127. The lowest BCUT2D eigenvalue weighted by atomic mass is 9.93. The van der Waals surface area contributed by atoms with Gasteiger partial charge < -0.3 is 10.3 Å². The summed E-state index contributed by atoms with van der Waals surface area (Å²) < 4.78 is -0.788. The first-order valence-electron chi connectivity index (χ1n) is 8.55. The van der Waals surface area contributed by atoms with E-state index < -0.39 is 21.4 Å². The largest absolute Gasteiger partial charge is 0.343 e. The highest BCUT2D eigenvalue weighted by atomic mass is 35.5. The lowest BCUT2D eigenvalue weighted by Gasteiger charge is -2.26. The summed E-state index contributed by atoms with van der Waals surface area (Å²) in [7, 11) is 0. The normalized spacial score (nSPS) is 19.6. The third-order valence-corrected chi connectivity index (χ3v) is 6.43. The zero-order valence-corrected chi connectivity index (χ0v) is 16.8. The van der Waals surface area contributed by atoms with Crippen molar-refractivity contribution in [1.82, 2.24) is 19.9 Å². The van der Waals surface area contributed by atoms with Gasteiger partial charge in [0, 0.05) is 0 Å². The first-order valence-corrected chi connectivity index (χ1v) is 10.1. The standard InChI is InChI=1S/C17H15Cl2N5O3S/c18-17(19)3-1-9(2-4-17)13-15(26)24(16(27)28-13)7-12(25)23-10-5-11-14(20-6-10)22-8-21-11/h5-6,8H,1-4,7H2,(H,23,25)(H,20,21,22). The zero-order chi connectivity index (χ0) is 19.9. The van der Waals surface area contributed by atoms with E-state index >= 15 is 0 Å². The molecule has 0 unspecified atom stereocenters. The number of nitrogens with one attached hydrogen (secondary N) is 2. The number of H-pyrrole nitrogens is 1. The fraction of sp³-hybridized carbons (Fsp3) is 0.353. The van der Waals surface area contributed by atoms with E-state index in [4.69, 9.17) is 23.2 Å². The van der Waals surface area contributed by atoms with Crippen LogP contribution >= 0.6 is 35.0 Å². The number of rotatable bonds is 3. The molecule has 1 saturated heterocycles. The van der Waals surface area contributed by atoms with Gasteiger partial charge in [-0.25, -0.2) is 9.97 Å². The molecule has 0 aromatic carbocycles. The van der Waals surface area contributed by atoms with Crippen LogP contribution in [0, 0.1) is 0 Å². The van der Waals surface area contributed by atoms with Crippen molar-refractivity contribution in [2.24, 2.45) is 0 Å². The number of thioether (sulfide) groups is 1. The first kappa shape index (κ1) is 19.2. The number of imide groups is 1. The molecule has 11 heteroatoms. The molecule has 3 heterocycles. The molecule has 1 saturated carbocycles. The minimum absolute atomic E-state index is 0.364. The van der Waals surface area contributed by atoms with E-state index in [1.54, 1.807) is 6.07 Å². The van der Waals surface area contributed by atoms with Gasteiger partial charge in [-0.2, -0.15) is 0 Å². The molecule has 1 aliphatic heterocycles. The molecule has 0 bridgehead atoms. The van der Waals surface area contributed by atoms with Crippen molar-refractivity contribution in [3.63, 3.8) is 0 Å². The molecule has 28 heavy (non-hydrogen) atoms. The first-order chi connectivity index (χ1) is 13.3. The van der Waals surface area contributed by atoms with Gasteiger partial charge in [-0.3, -0.25) is 19.3 Å². The molecule has 0 atom stereocenters. The average Bonchev–Trinajstić information content (AvgIpc) is 3.21. The van der Waals surface area contributed by atoms with Crippen molar-refractivity contribution >= 4 is 68.9 Å². The van der Waals surface area contributed by atoms with Gasteiger partial charge in [-0.05, 0) is 43.5 Å². The molecule has 8 nitrogen and oxygen atoms in total. The van der Waals surface area contributed by atoms with Crippen LogP contribution in [0.3, 0.4) is 0 Å². The minimum atomic E-state index is -0.788. The molecule has 2 N–H and O–H groups in total. The molecular weight excluding hydrogens is 425 g/mol. The van der Waals surface area contributed by atoms with Gasteiger partial charge >= 0.3 is 0 Å². The smallest absolute Gasteiger partial charge is 0.294 e. The monoisotopic (exact) mass is 439 g/mol. The van der Waals surface area contributed by atoms with Crippen molar-refractivity contribution in [3.05, 3.63) is 29.1 Å². The van der Waals surface area contributed by atoms with E-state index in [9.17, 15) is 14.4 Å². The Kier molecular flexibility index (Phi) is 5.07. The van der Waals surface area contributed by atoms with Crippen molar-refractivity contribution in [2.45, 2.75) is 30.0 Å². The summed E-state index contributed by atoms with van der Waals surface area (Å²) >= 11 is 13.1. The second kappa shape index (κ2) is 7.38. The third kappa shape index (κ3) is 3.87. The van der Waals surface area contributed by atoms with Crippen LogP contribution in [0.5, 0.6) is 0 Å². The van der Waals surface area contributed by atoms with E-state index in [-0.39, 0.29) is 6.54 Å². The Morgan fingerprint density at radius 1 is 1.29 bits per heavy atom. The number of nitrogens with zero attached hydrogens (tertiary/aromatic N) is 3. The van der Waals surface area contributed by atoms with Gasteiger partial charge in [0.15, 0.2) is 5.65 Å². The van der Waals surface area contributed by atoms with Crippen LogP contribution < -0.4 is 5.32 Å². The van der Waals surface area contributed by atoms with Gasteiger partial charge in [0.25, 0.3) is 11.1 Å². The SMILES string of the molecule is O=C(CN1C(=O)SC(=C2CCC(Cl)(Cl)CC2)C1=O)Nc1cnc2nc[nH]c2c1. The molecule has 2 aliphatic rings. The number of carbonyl (C=O) groups is 3. The Balaban J connectivity index is 1.43. The van der Waals surface area contributed by atoms with Crippen LogP contribution in [0.2, 0.25) is 0 Å². The predicted octanol–water partition coefficient (Wildman–Crippen LogP) is 3.59. The van der Waals surface area contributed by atoms with Crippen molar-refractivity contribution in [3.8, 4) is 0 Å². The molecule has 2 fully saturated rings. The second-order valence-electron chi connectivity index (χ2n) is 6.59. The van der Waals surface area contributed by atoms with E-state index in [1.807, 2.05) is 0 Å². The predicted molar refractivity (Wildman–Crippen MR) is 107 cm³/mol. The summed E-state index contributed by atoms with van der Waals surface area (Å²) in [5, 5.41) is 2.18. The van der Waals surface area contributed by atoms with Crippen LogP contribution in [0.25, 0.3) is 11.2 Å². The zero-order valence-electron chi connectivity index (χ0n) is 14.5. The number of aromatic nitrogens is 3.